The molecule has 0 saturated carbocycles. The van der Waals surface area contributed by atoms with Crippen molar-refractivity contribution >= 4 is 17.0 Å². The molecule has 1 atom stereocenters. The number of ether oxygens (including phenoxy) is 1. The zero-order valence-corrected chi connectivity index (χ0v) is 17.3. The Bertz CT molecular complexity index is 977. The van der Waals surface area contributed by atoms with E-state index in [1.54, 1.807) is 6.26 Å². The van der Waals surface area contributed by atoms with Crippen LogP contribution in [0.5, 0.6) is 0 Å². The van der Waals surface area contributed by atoms with Gasteiger partial charge in [0.2, 0.25) is 5.89 Å². The standard InChI is InChI=1S/C21H27N5O4/c1-3-28-15(2)20-23-19(30-24-20)14-25-7-9-26(10-8-25)21(27)22-13-16-4-5-17-6-11-29-18(17)12-16/h4-6,11-12,15H,3,7-10,13-14H2,1-2H3,(H,22,27). The average molecular weight is 413 g/mol. The quantitative estimate of drug-likeness (QED) is 0.636. The highest BCUT2D eigenvalue weighted by Crippen LogP contribution is 2.17. The Morgan fingerprint density at radius 2 is 2.10 bits per heavy atom. The molecular weight excluding hydrogens is 386 g/mol. The molecule has 1 fully saturated rings. The van der Waals surface area contributed by atoms with Crippen LogP contribution in [-0.4, -0.2) is 58.8 Å². The summed E-state index contributed by atoms with van der Waals surface area (Å²) < 4.78 is 16.2. The predicted molar refractivity (Wildman–Crippen MR) is 110 cm³/mol. The molecule has 0 bridgehead atoms. The topological polar surface area (TPSA) is 96.9 Å². The number of hydrogen-bond donors (Lipinski definition) is 1. The molecule has 1 unspecified atom stereocenters. The minimum atomic E-state index is -0.179. The van der Waals surface area contributed by atoms with E-state index in [0.29, 0.717) is 44.5 Å². The van der Waals surface area contributed by atoms with Gasteiger partial charge >= 0.3 is 6.03 Å². The molecule has 1 saturated heterocycles. The van der Waals surface area contributed by atoms with E-state index in [-0.39, 0.29) is 12.1 Å². The number of hydrogen-bond acceptors (Lipinski definition) is 7. The van der Waals surface area contributed by atoms with Gasteiger partial charge in [-0.05, 0) is 31.5 Å². The number of nitrogens with one attached hydrogen (secondary N) is 1. The van der Waals surface area contributed by atoms with Gasteiger partial charge in [-0.2, -0.15) is 4.98 Å². The second-order valence-corrected chi connectivity index (χ2v) is 7.36. The molecule has 160 valence electrons. The molecule has 0 radical (unpaired) electrons. The van der Waals surface area contributed by atoms with E-state index >= 15 is 0 Å². The van der Waals surface area contributed by atoms with Gasteiger partial charge < -0.3 is 23.9 Å². The number of carbonyl (C=O) groups excluding carboxylic acids is 1. The summed E-state index contributed by atoms with van der Waals surface area (Å²) in [6, 6.07) is 7.82. The number of aromatic nitrogens is 2. The van der Waals surface area contributed by atoms with Crippen molar-refractivity contribution in [1.29, 1.82) is 0 Å². The molecule has 9 heteroatoms. The third-order valence-corrected chi connectivity index (χ3v) is 5.25. The second kappa shape index (κ2) is 9.27. The molecule has 1 aliphatic rings. The smallest absolute Gasteiger partial charge is 0.317 e. The monoisotopic (exact) mass is 413 g/mol. The van der Waals surface area contributed by atoms with Gasteiger partial charge in [0.1, 0.15) is 11.7 Å². The molecule has 30 heavy (non-hydrogen) atoms. The maximum absolute atomic E-state index is 12.5. The summed E-state index contributed by atoms with van der Waals surface area (Å²) in [5, 5.41) is 8.04. The van der Waals surface area contributed by atoms with Crippen LogP contribution in [0.2, 0.25) is 0 Å². The van der Waals surface area contributed by atoms with E-state index in [0.717, 1.165) is 29.6 Å². The molecule has 9 nitrogen and oxygen atoms in total. The van der Waals surface area contributed by atoms with Crippen LogP contribution in [0.4, 0.5) is 4.79 Å². The summed E-state index contributed by atoms with van der Waals surface area (Å²) in [7, 11) is 0. The molecule has 1 N–H and O–H groups in total. The van der Waals surface area contributed by atoms with Crippen LogP contribution in [-0.2, 0) is 17.8 Å². The molecule has 2 aromatic heterocycles. The molecule has 1 aliphatic heterocycles. The predicted octanol–water partition coefficient (Wildman–Crippen LogP) is 2.94. The van der Waals surface area contributed by atoms with Gasteiger partial charge in [0.05, 0.1) is 12.8 Å². The van der Waals surface area contributed by atoms with E-state index in [1.165, 1.54) is 0 Å². The summed E-state index contributed by atoms with van der Waals surface area (Å²) in [5.74, 6) is 1.14. The number of carbonyl (C=O) groups is 1. The number of piperazine rings is 1. The highest BCUT2D eigenvalue weighted by molar-refractivity contribution is 5.78. The van der Waals surface area contributed by atoms with Crippen LogP contribution < -0.4 is 5.32 Å². The van der Waals surface area contributed by atoms with E-state index in [4.69, 9.17) is 13.7 Å². The van der Waals surface area contributed by atoms with Crippen molar-refractivity contribution in [2.45, 2.75) is 33.0 Å². The van der Waals surface area contributed by atoms with Crippen LogP contribution in [0.3, 0.4) is 0 Å². The first-order chi connectivity index (χ1) is 14.6. The minimum absolute atomic E-state index is 0.0557. The van der Waals surface area contributed by atoms with Gasteiger partial charge in [0.15, 0.2) is 5.82 Å². The Morgan fingerprint density at radius 3 is 2.90 bits per heavy atom. The van der Waals surface area contributed by atoms with Gasteiger partial charge in [-0.15, -0.1) is 0 Å². The first kappa shape index (κ1) is 20.4. The first-order valence-electron chi connectivity index (χ1n) is 10.3. The molecule has 3 aromatic rings. The van der Waals surface area contributed by atoms with Crippen LogP contribution in [0.1, 0.15) is 37.2 Å². The fourth-order valence-electron chi connectivity index (χ4n) is 3.52. The number of fused-ring (bicyclic) bond motifs is 1. The minimum Gasteiger partial charge on any atom is -0.464 e. The largest absolute Gasteiger partial charge is 0.464 e. The molecule has 0 aliphatic carbocycles. The lowest BCUT2D eigenvalue weighted by atomic mass is 10.2. The third kappa shape index (κ3) is 4.80. The number of benzene rings is 1. The van der Waals surface area contributed by atoms with Crippen LogP contribution in [0, 0.1) is 0 Å². The van der Waals surface area contributed by atoms with Crippen molar-refractivity contribution < 1.29 is 18.5 Å². The van der Waals surface area contributed by atoms with Crippen molar-refractivity contribution in [3.63, 3.8) is 0 Å². The third-order valence-electron chi connectivity index (χ3n) is 5.25. The summed E-state index contributed by atoms with van der Waals surface area (Å²) in [6.07, 6.45) is 1.49. The van der Waals surface area contributed by atoms with Crippen LogP contribution >= 0.6 is 0 Å². The molecule has 1 aromatic carbocycles. The lowest BCUT2D eigenvalue weighted by molar-refractivity contribution is 0.0683. The normalized spacial score (nSPS) is 16.1. The summed E-state index contributed by atoms with van der Waals surface area (Å²) in [6.45, 7) is 8.30. The van der Waals surface area contributed by atoms with Gasteiger partial charge in [-0.1, -0.05) is 17.3 Å². The number of nitrogens with zero attached hydrogens (tertiary/aromatic N) is 4. The van der Waals surface area contributed by atoms with Crippen molar-refractivity contribution in [3.8, 4) is 0 Å². The fraction of sp³-hybridized carbons (Fsp3) is 0.476. The number of amides is 2. The average Bonchev–Trinajstić information content (AvgIpc) is 3.42. The SMILES string of the molecule is CCOC(C)c1noc(CN2CCN(C(=O)NCc3ccc4ccoc4c3)CC2)n1. The Balaban J connectivity index is 1.22. The number of furan rings is 1. The second-order valence-electron chi connectivity index (χ2n) is 7.36. The van der Waals surface area contributed by atoms with Gasteiger partial charge in [-0.25, -0.2) is 4.79 Å². The molecule has 4 rings (SSSR count). The molecule has 2 amide bonds. The Labute approximate surface area is 175 Å². The number of rotatable bonds is 7. The lowest BCUT2D eigenvalue weighted by Gasteiger charge is -2.33. The maximum atomic E-state index is 12.5. The van der Waals surface area contributed by atoms with Gasteiger partial charge in [0.25, 0.3) is 0 Å². The van der Waals surface area contributed by atoms with E-state index < -0.39 is 0 Å². The van der Waals surface area contributed by atoms with Crippen LogP contribution in [0.15, 0.2) is 39.5 Å². The van der Waals surface area contributed by atoms with E-state index in [2.05, 4.69) is 20.4 Å². The first-order valence-corrected chi connectivity index (χ1v) is 10.3. The van der Waals surface area contributed by atoms with Crippen LogP contribution in [0.25, 0.3) is 11.0 Å². The Morgan fingerprint density at radius 1 is 1.27 bits per heavy atom. The zero-order chi connectivity index (χ0) is 20.9. The Kier molecular flexibility index (Phi) is 6.29. The molecular formula is C21H27N5O4. The highest BCUT2D eigenvalue weighted by atomic mass is 16.5. The van der Waals surface area contributed by atoms with E-state index in [9.17, 15) is 4.79 Å². The zero-order valence-electron chi connectivity index (χ0n) is 17.3. The maximum Gasteiger partial charge on any atom is 0.317 e. The molecule has 0 spiro atoms. The summed E-state index contributed by atoms with van der Waals surface area (Å²) >= 11 is 0. The van der Waals surface area contributed by atoms with E-state index in [1.807, 2.05) is 43.0 Å². The lowest BCUT2D eigenvalue weighted by Crippen LogP contribution is -2.51. The molecule has 3 heterocycles. The Hall–Kier alpha value is -2.91. The van der Waals surface area contributed by atoms with Crippen molar-refractivity contribution in [2.75, 3.05) is 32.8 Å². The highest BCUT2D eigenvalue weighted by Gasteiger charge is 2.23. The summed E-state index contributed by atoms with van der Waals surface area (Å²) in [4.78, 5) is 21.0. The fourth-order valence-corrected chi connectivity index (χ4v) is 3.52. The number of urea groups is 1. The van der Waals surface area contributed by atoms with Crippen molar-refractivity contribution in [3.05, 3.63) is 47.8 Å². The van der Waals surface area contributed by atoms with Gasteiger partial charge in [-0.3, -0.25) is 4.90 Å². The summed E-state index contributed by atoms with van der Waals surface area (Å²) in [5.41, 5.74) is 1.84. The van der Waals surface area contributed by atoms with Crippen molar-refractivity contribution in [1.82, 2.24) is 25.3 Å². The van der Waals surface area contributed by atoms with Crippen molar-refractivity contribution in [2.24, 2.45) is 0 Å². The van der Waals surface area contributed by atoms with Gasteiger partial charge in [0, 0.05) is 44.7 Å².